The van der Waals surface area contributed by atoms with Crippen LogP contribution in [-0.4, -0.2) is 22.0 Å². The van der Waals surface area contributed by atoms with E-state index in [9.17, 15) is 4.79 Å². The zero-order valence-corrected chi connectivity index (χ0v) is 12.8. The van der Waals surface area contributed by atoms with Crippen molar-refractivity contribution < 1.29 is 4.79 Å². The molecule has 3 rings (SSSR count). The molecule has 21 heavy (non-hydrogen) atoms. The highest BCUT2D eigenvalue weighted by Crippen LogP contribution is 2.26. The van der Waals surface area contributed by atoms with Gasteiger partial charge in [-0.2, -0.15) is 0 Å². The van der Waals surface area contributed by atoms with Gasteiger partial charge in [0.25, 0.3) is 0 Å². The van der Waals surface area contributed by atoms with Gasteiger partial charge in [-0.05, 0) is 56.2 Å². The van der Waals surface area contributed by atoms with Crippen molar-refractivity contribution in [3.63, 3.8) is 0 Å². The van der Waals surface area contributed by atoms with E-state index in [1.807, 2.05) is 36.9 Å². The van der Waals surface area contributed by atoms with Crippen molar-refractivity contribution in [2.24, 2.45) is 0 Å². The van der Waals surface area contributed by atoms with Crippen LogP contribution in [0.15, 0.2) is 36.5 Å². The van der Waals surface area contributed by atoms with E-state index < -0.39 is 0 Å². The molecular formula is C17H21N3O. The van der Waals surface area contributed by atoms with Gasteiger partial charge in [-0.3, -0.25) is 0 Å². The molecule has 110 valence electrons. The Morgan fingerprint density at radius 2 is 1.90 bits per heavy atom. The molecule has 0 unspecified atom stereocenters. The maximum absolute atomic E-state index is 12.5. The maximum atomic E-state index is 12.5. The highest BCUT2D eigenvalue weighted by atomic mass is 16.2. The molecule has 0 spiro atoms. The number of amides is 2. The highest BCUT2D eigenvalue weighted by molar-refractivity contribution is 5.89. The molecule has 0 bridgehead atoms. The molecule has 1 aliphatic heterocycles. The fourth-order valence-corrected chi connectivity index (χ4v) is 3.10. The van der Waals surface area contributed by atoms with Crippen molar-refractivity contribution in [3.8, 4) is 0 Å². The molecule has 0 fully saturated rings. The van der Waals surface area contributed by atoms with E-state index in [1.54, 1.807) is 0 Å². The largest absolute Gasteiger partial charge is 0.348 e. The second-order valence-electron chi connectivity index (χ2n) is 5.80. The van der Waals surface area contributed by atoms with Gasteiger partial charge in [-0.15, -0.1) is 0 Å². The van der Waals surface area contributed by atoms with Gasteiger partial charge >= 0.3 is 6.03 Å². The van der Waals surface area contributed by atoms with Gasteiger partial charge < -0.3 is 14.8 Å². The maximum Gasteiger partial charge on any atom is 0.322 e. The van der Waals surface area contributed by atoms with Crippen molar-refractivity contribution in [1.29, 1.82) is 0 Å². The molecule has 4 nitrogen and oxygen atoms in total. The molecule has 0 radical (unpaired) electrons. The Bertz CT molecular complexity index is 654. The molecule has 0 saturated heterocycles. The summed E-state index contributed by atoms with van der Waals surface area (Å²) in [6, 6.07) is 10.3. The van der Waals surface area contributed by atoms with Gasteiger partial charge in [0.1, 0.15) is 0 Å². The molecule has 2 heterocycles. The number of hydrogen-bond acceptors (Lipinski definition) is 1. The fourth-order valence-electron chi connectivity index (χ4n) is 3.10. The normalized spacial score (nSPS) is 17.5. The van der Waals surface area contributed by atoms with Gasteiger partial charge in [-0.25, -0.2) is 4.79 Å². The Morgan fingerprint density at radius 3 is 2.62 bits per heavy atom. The van der Waals surface area contributed by atoms with Crippen LogP contribution in [0.2, 0.25) is 0 Å². The second-order valence-corrected chi connectivity index (χ2v) is 5.80. The summed E-state index contributed by atoms with van der Waals surface area (Å²) in [5.41, 5.74) is 4.37. The monoisotopic (exact) mass is 283 g/mol. The lowest BCUT2D eigenvalue weighted by molar-refractivity contribution is 0.175. The first-order chi connectivity index (χ1) is 10.0. The zero-order valence-electron chi connectivity index (χ0n) is 12.8. The number of benzene rings is 1. The van der Waals surface area contributed by atoms with Crippen LogP contribution in [-0.2, 0) is 6.54 Å². The molecule has 1 aromatic carbocycles. The van der Waals surface area contributed by atoms with Crippen molar-refractivity contribution in [2.45, 2.75) is 33.4 Å². The number of aryl methyl sites for hydroxylation is 2. The third-order valence-corrected chi connectivity index (χ3v) is 4.08. The Balaban J connectivity index is 1.77. The van der Waals surface area contributed by atoms with Crippen molar-refractivity contribution in [3.05, 3.63) is 53.3 Å². The van der Waals surface area contributed by atoms with Crippen LogP contribution >= 0.6 is 0 Å². The lowest BCUT2D eigenvalue weighted by Crippen LogP contribution is -2.43. The molecule has 1 aromatic heterocycles. The summed E-state index contributed by atoms with van der Waals surface area (Å²) < 4.78 is 2.21. The molecule has 0 saturated carbocycles. The third kappa shape index (κ3) is 2.66. The molecule has 0 aliphatic carbocycles. The summed E-state index contributed by atoms with van der Waals surface area (Å²) in [7, 11) is 0. The number of carbonyl (C=O) groups is 1. The number of fused-ring (bicyclic) bond motifs is 1. The Kier molecular flexibility index (Phi) is 3.45. The summed E-state index contributed by atoms with van der Waals surface area (Å²) >= 11 is 0. The van der Waals surface area contributed by atoms with E-state index in [0.29, 0.717) is 0 Å². The van der Waals surface area contributed by atoms with Crippen molar-refractivity contribution in [1.82, 2.24) is 9.47 Å². The summed E-state index contributed by atoms with van der Waals surface area (Å²) in [5, 5.41) is 3.02. The molecule has 1 aliphatic rings. The van der Waals surface area contributed by atoms with Gasteiger partial charge in [0.2, 0.25) is 0 Å². The Labute approximate surface area is 125 Å². The fraction of sp³-hybridized carbons (Fsp3) is 0.353. The van der Waals surface area contributed by atoms with Crippen LogP contribution in [0.5, 0.6) is 0 Å². The van der Waals surface area contributed by atoms with Gasteiger partial charge in [-0.1, -0.05) is 6.07 Å². The molecule has 4 heteroatoms. The zero-order chi connectivity index (χ0) is 15.0. The van der Waals surface area contributed by atoms with E-state index in [-0.39, 0.29) is 12.1 Å². The standard InChI is InChI=1S/C17H21N3O/c1-12-9-13(2)11-15(10-12)18-17(21)20-8-7-19-6-4-5-16(19)14(20)3/h4-6,9-11,14H,7-8H2,1-3H3,(H,18,21)/t14-/m1/s1. The number of anilines is 1. The molecule has 1 atom stereocenters. The number of nitrogens with zero attached hydrogens (tertiary/aromatic N) is 2. The Hall–Kier alpha value is -2.23. The van der Waals surface area contributed by atoms with E-state index in [0.717, 1.165) is 29.9 Å². The number of urea groups is 1. The smallest absolute Gasteiger partial charge is 0.322 e. The van der Waals surface area contributed by atoms with Gasteiger partial charge in [0.15, 0.2) is 0 Å². The van der Waals surface area contributed by atoms with Crippen LogP contribution < -0.4 is 5.32 Å². The molecule has 2 amide bonds. The minimum Gasteiger partial charge on any atom is -0.348 e. The topological polar surface area (TPSA) is 37.3 Å². The summed E-state index contributed by atoms with van der Waals surface area (Å²) in [6.45, 7) is 7.75. The van der Waals surface area contributed by atoms with Crippen LogP contribution in [0.4, 0.5) is 10.5 Å². The number of carbonyl (C=O) groups excluding carboxylic acids is 1. The molecule has 2 aromatic rings. The van der Waals surface area contributed by atoms with Crippen LogP contribution in [0.1, 0.15) is 29.8 Å². The minimum absolute atomic E-state index is 0.0278. The first-order valence-corrected chi connectivity index (χ1v) is 7.35. The summed E-state index contributed by atoms with van der Waals surface area (Å²) in [4.78, 5) is 14.4. The lowest BCUT2D eigenvalue weighted by Gasteiger charge is -2.34. The van der Waals surface area contributed by atoms with Crippen LogP contribution in [0, 0.1) is 13.8 Å². The predicted octanol–water partition coefficient (Wildman–Crippen LogP) is 3.71. The number of rotatable bonds is 1. The van der Waals surface area contributed by atoms with Crippen LogP contribution in [0.25, 0.3) is 0 Å². The number of nitrogens with one attached hydrogen (secondary N) is 1. The van der Waals surface area contributed by atoms with Crippen molar-refractivity contribution >= 4 is 11.7 Å². The number of aromatic nitrogens is 1. The minimum atomic E-state index is -0.0278. The average molecular weight is 283 g/mol. The van der Waals surface area contributed by atoms with Crippen LogP contribution in [0.3, 0.4) is 0 Å². The number of hydrogen-bond donors (Lipinski definition) is 1. The SMILES string of the molecule is Cc1cc(C)cc(NC(=O)N2CCn3cccc3[C@H]2C)c1. The lowest BCUT2D eigenvalue weighted by atomic mass is 10.1. The molecule has 1 N–H and O–H groups in total. The van der Waals surface area contributed by atoms with Gasteiger partial charge in [0, 0.05) is 30.7 Å². The summed E-state index contributed by atoms with van der Waals surface area (Å²) in [5.74, 6) is 0. The van der Waals surface area contributed by atoms with Crippen molar-refractivity contribution in [2.75, 3.05) is 11.9 Å². The second kappa shape index (κ2) is 5.28. The predicted molar refractivity (Wildman–Crippen MR) is 84.5 cm³/mol. The molecular weight excluding hydrogens is 262 g/mol. The third-order valence-electron chi connectivity index (χ3n) is 4.08. The van der Waals surface area contributed by atoms with E-state index >= 15 is 0 Å². The summed E-state index contributed by atoms with van der Waals surface area (Å²) in [6.07, 6.45) is 2.07. The van der Waals surface area contributed by atoms with E-state index in [4.69, 9.17) is 0 Å². The quantitative estimate of drug-likeness (QED) is 0.851. The van der Waals surface area contributed by atoms with E-state index in [2.05, 4.69) is 35.1 Å². The van der Waals surface area contributed by atoms with E-state index in [1.165, 1.54) is 5.69 Å². The first kappa shape index (κ1) is 13.7. The first-order valence-electron chi connectivity index (χ1n) is 7.35. The van der Waals surface area contributed by atoms with Gasteiger partial charge in [0.05, 0.1) is 6.04 Å². The highest BCUT2D eigenvalue weighted by Gasteiger charge is 2.27. The Morgan fingerprint density at radius 1 is 1.19 bits per heavy atom. The average Bonchev–Trinajstić information content (AvgIpc) is 2.86.